The fourth-order valence-corrected chi connectivity index (χ4v) is 2.00. The normalized spacial score (nSPS) is 22.4. The molecule has 0 amide bonds. The van der Waals surface area contributed by atoms with Crippen molar-refractivity contribution in [3.63, 3.8) is 0 Å². The lowest BCUT2D eigenvalue weighted by Crippen LogP contribution is -2.35. The Morgan fingerprint density at radius 2 is 2.09 bits per heavy atom. The van der Waals surface area contributed by atoms with E-state index in [1.807, 2.05) is 0 Å². The molecule has 1 aliphatic carbocycles. The summed E-state index contributed by atoms with van der Waals surface area (Å²) < 4.78 is 0. The van der Waals surface area contributed by atoms with Gasteiger partial charge < -0.3 is 0 Å². The molecule has 0 spiro atoms. The van der Waals surface area contributed by atoms with Crippen LogP contribution in [-0.4, -0.2) is 6.04 Å². The Kier molecular flexibility index (Phi) is 3.87. The zero-order valence-corrected chi connectivity index (χ0v) is 7.47. The lowest BCUT2D eigenvalue weighted by Gasteiger charge is -2.17. The van der Waals surface area contributed by atoms with E-state index >= 15 is 0 Å². The molecule has 3 N–H and O–H groups in total. The van der Waals surface area contributed by atoms with Crippen LogP contribution in [0, 0.1) is 5.92 Å². The van der Waals surface area contributed by atoms with Gasteiger partial charge in [0, 0.05) is 6.04 Å². The van der Waals surface area contributed by atoms with Gasteiger partial charge in [0.05, 0.1) is 0 Å². The maximum atomic E-state index is 5.41. The third-order valence-corrected chi connectivity index (χ3v) is 2.82. The zero-order valence-electron chi connectivity index (χ0n) is 7.47. The highest BCUT2D eigenvalue weighted by molar-refractivity contribution is 4.73. The summed E-state index contributed by atoms with van der Waals surface area (Å²) in [5, 5.41) is 0. The van der Waals surface area contributed by atoms with Crippen LogP contribution in [0.2, 0.25) is 0 Å². The molecule has 1 unspecified atom stereocenters. The molecular weight excluding hydrogens is 136 g/mol. The second-order valence-corrected chi connectivity index (χ2v) is 3.66. The van der Waals surface area contributed by atoms with Crippen molar-refractivity contribution in [3.8, 4) is 0 Å². The summed E-state index contributed by atoms with van der Waals surface area (Å²) in [6, 6.07) is 0.554. The van der Waals surface area contributed by atoms with Gasteiger partial charge in [-0.05, 0) is 18.8 Å². The molecule has 1 rings (SSSR count). The summed E-state index contributed by atoms with van der Waals surface area (Å²) in [5.74, 6) is 6.37. The Balaban J connectivity index is 2.16. The zero-order chi connectivity index (χ0) is 8.10. The van der Waals surface area contributed by atoms with Crippen molar-refractivity contribution < 1.29 is 0 Å². The molecule has 0 aliphatic heterocycles. The molecule has 0 aromatic heterocycles. The van der Waals surface area contributed by atoms with Gasteiger partial charge in [-0.15, -0.1) is 0 Å². The Morgan fingerprint density at radius 1 is 1.45 bits per heavy atom. The molecule has 1 aliphatic rings. The Hall–Kier alpha value is -0.0800. The molecule has 11 heavy (non-hydrogen) atoms. The molecular formula is C9H20N2. The van der Waals surface area contributed by atoms with Crippen LogP contribution in [0.25, 0.3) is 0 Å². The number of hydrogen-bond donors (Lipinski definition) is 2. The van der Waals surface area contributed by atoms with Gasteiger partial charge in [-0.2, -0.15) is 0 Å². The van der Waals surface area contributed by atoms with Crippen molar-refractivity contribution in [1.29, 1.82) is 0 Å². The summed E-state index contributed by atoms with van der Waals surface area (Å²) in [6.45, 7) is 2.19. The number of nitrogens with one attached hydrogen (secondary N) is 1. The highest BCUT2D eigenvalue weighted by atomic mass is 15.2. The van der Waals surface area contributed by atoms with Crippen LogP contribution in [0.4, 0.5) is 0 Å². The standard InChI is InChI=1S/C9H20N2/c1-2-9(11-10)7-8-5-3-4-6-8/h8-9,11H,2-7,10H2,1H3. The minimum absolute atomic E-state index is 0.554. The van der Waals surface area contributed by atoms with E-state index < -0.39 is 0 Å². The molecule has 0 saturated heterocycles. The summed E-state index contributed by atoms with van der Waals surface area (Å²) in [5.41, 5.74) is 2.88. The summed E-state index contributed by atoms with van der Waals surface area (Å²) >= 11 is 0. The van der Waals surface area contributed by atoms with Crippen LogP contribution in [0.3, 0.4) is 0 Å². The quantitative estimate of drug-likeness (QED) is 0.481. The summed E-state index contributed by atoms with van der Waals surface area (Å²) in [6.07, 6.45) is 8.17. The fraction of sp³-hybridized carbons (Fsp3) is 1.00. The maximum Gasteiger partial charge on any atom is 0.0210 e. The second-order valence-electron chi connectivity index (χ2n) is 3.66. The first-order valence-electron chi connectivity index (χ1n) is 4.83. The van der Waals surface area contributed by atoms with Crippen molar-refractivity contribution >= 4 is 0 Å². The minimum Gasteiger partial charge on any atom is -0.271 e. The van der Waals surface area contributed by atoms with Crippen LogP contribution in [0.15, 0.2) is 0 Å². The van der Waals surface area contributed by atoms with Crippen molar-refractivity contribution in [2.75, 3.05) is 0 Å². The highest BCUT2D eigenvalue weighted by Gasteiger charge is 2.17. The predicted octanol–water partition coefficient (Wildman–Crippen LogP) is 1.81. The van der Waals surface area contributed by atoms with E-state index in [0.29, 0.717) is 6.04 Å². The third-order valence-electron chi connectivity index (χ3n) is 2.82. The van der Waals surface area contributed by atoms with Gasteiger partial charge in [0.1, 0.15) is 0 Å². The largest absolute Gasteiger partial charge is 0.271 e. The van der Waals surface area contributed by atoms with Crippen molar-refractivity contribution in [2.45, 2.75) is 51.5 Å². The summed E-state index contributed by atoms with van der Waals surface area (Å²) in [4.78, 5) is 0. The summed E-state index contributed by atoms with van der Waals surface area (Å²) in [7, 11) is 0. The fourth-order valence-electron chi connectivity index (χ4n) is 2.00. The van der Waals surface area contributed by atoms with Gasteiger partial charge >= 0.3 is 0 Å². The molecule has 1 atom stereocenters. The van der Waals surface area contributed by atoms with Gasteiger partial charge in [-0.1, -0.05) is 32.6 Å². The van der Waals surface area contributed by atoms with Crippen LogP contribution in [-0.2, 0) is 0 Å². The smallest absolute Gasteiger partial charge is 0.0210 e. The molecule has 0 aromatic rings. The molecule has 1 fully saturated rings. The predicted molar refractivity (Wildman–Crippen MR) is 48.0 cm³/mol. The van der Waals surface area contributed by atoms with Crippen molar-refractivity contribution in [1.82, 2.24) is 5.43 Å². The van der Waals surface area contributed by atoms with Crippen molar-refractivity contribution in [3.05, 3.63) is 0 Å². The van der Waals surface area contributed by atoms with E-state index in [2.05, 4.69) is 12.3 Å². The molecule has 1 saturated carbocycles. The van der Waals surface area contributed by atoms with Gasteiger partial charge in [-0.25, -0.2) is 0 Å². The highest BCUT2D eigenvalue weighted by Crippen LogP contribution is 2.28. The molecule has 2 heteroatoms. The van der Waals surface area contributed by atoms with Crippen molar-refractivity contribution in [2.24, 2.45) is 11.8 Å². The minimum atomic E-state index is 0.554. The van der Waals surface area contributed by atoms with E-state index in [0.717, 1.165) is 12.3 Å². The first kappa shape index (κ1) is 9.01. The number of hydrazine groups is 1. The van der Waals surface area contributed by atoms with Crippen LogP contribution < -0.4 is 11.3 Å². The maximum absolute atomic E-state index is 5.41. The Labute approximate surface area is 69.5 Å². The first-order chi connectivity index (χ1) is 5.36. The number of nitrogens with two attached hydrogens (primary N) is 1. The van der Waals surface area contributed by atoms with Gasteiger partial charge in [0.2, 0.25) is 0 Å². The van der Waals surface area contributed by atoms with E-state index in [1.54, 1.807) is 0 Å². The van der Waals surface area contributed by atoms with Crippen LogP contribution >= 0.6 is 0 Å². The molecule has 2 nitrogen and oxygen atoms in total. The van der Waals surface area contributed by atoms with E-state index in [-0.39, 0.29) is 0 Å². The Bertz CT molecular complexity index is 93.7. The molecule has 0 radical (unpaired) electrons. The first-order valence-corrected chi connectivity index (χ1v) is 4.83. The van der Waals surface area contributed by atoms with Crippen LogP contribution in [0.1, 0.15) is 45.4 Å². The second kappa shape index (κ2) is 4.73. The third kappa shape index (κ3) is 2.80. The lowest BCUT2D eigenvalue weighted by atomic mass is 9.97. The molecule has 0 bridgehead atoms. The van der Waals surface area contributed by atoms with Gasteiger partial charge in [0.25, 0.3) is 0 Å². The molecule has 0 aromatic carbocycles. The monoisotopic (exact) mass is 156 g/mol. The number of rotatable bonds is 4. The van der Waals surface area contributed by atoms with Gasteiger partial charge in [0.15, 0.2) is 0 Å². The SMILES string of the molecule is CCC(CC1CCCC1)NN. The van der Waals surface area contributed by atoms with Crippen LogP contribution in [0.5, 0.6) is 0 Å². The van der Waals surface area contributed by atoms with E-state index in [4.69, 9.17) is 5.84 Å². The molecule has 66 valence electrons. The average molecular weight is 156 g/mol. The average Bonchev–Trinajstić information content (AvgIpc) is 2.52. The lowest BCUT2D eigenvalue weighted by molar-refractivity contribution is 0.384. The van der Waals surface area contributed by atoms with E-state index in [9.17, 15) is 0 Å². The number of hydrogen-bond acceptors (Lipinski definition) is 2. The Morgan fingerprint density at radius 3 is 2.55 bits per heavy atom. The topological polar surface area (TPSA) is 38.0 Å². The van der Waals surface area contributed by atoms with E-state index in [1.165, 1.54) is 32.1 Å². The molecule has 0 heterocycles. The van der Waals surface area contributed by atoms with Gasteiger partial charge in [-0.3, -0.25) is 11.3 Å².